The second-order valence-electron chi connectivity index (χ2n) is 5.55. The molecular formula is C17H17NO3S2. The first-order chi connectivity index (χ1) is 11.0. The highest BCUT2D eigenvalue weighted by Gasteiger charge is 2.60. The van der Waals surface area contributed by atoms with Gasteiger partial charge in [0.1, 0.15) is 5.75 Å². The Hall–Kier alpha value is -1.92. The second kappa shape index (κ2) is 5.94. The Morgan fingerprint density at radius 1 is 1.09 bits per heavy atom. The van der Waals surface area contributed by atoms with Crippen LogP contribution in [0.15, 0.2) is 59.5 Å². The van der Waals surface area contributed by atoms with Gasteiger partial charge in [0.25, 0.3) is 0 Å². The minimum absolute atomic E-state index is 0.205. The van der Waals surface area contributed by atoms with Crippen molar-refractivity contribution in [2.45, 2.75) is 16.1 Å². The first-order valence-corrected chi connectivity index (χ1v) is 9.14. The summed E-state index contributed by atoms with van der Waals surface area (Å²) in [5.74, 6) is 0.191. The van der Waals surface area contributed by atoms with Crippen molar-refractivity contribution >= 4 is 27.0 Å². The highest BCUT2D eigenvalue weighted by molar-refractivity contribution is 7.92. The molecule has 3 atom stereocenters. The molecule has 2 aromatic carbocycles. The summed E-state index contributed by atoms with van der Waals surface area (Å²) in [5, 5.41) is -0.601. The Morgan fingerprint density at radius 2 is 1.70 bits per heavy atom. The Bertz CT molecular complexity index is 817. The van der Waals surface area contributed by atoms with Gasteiger partial charge in [-0.1, -0.05) is 42.5 Å². The highest BCUT2D eigenvalue weighted by atomic mass is 32.2. The van der Waals surface area contributed by atoms with Crippen LogP contribution in [0.5, 0.6) is 5.75 Å². The molecule has 3 rings (SSSR count). The summed E-state index contributed by atoms with van der Waals surface area (Å²) in [5.41, 5.74) is 6.70. The number of benzene rings is 2. The van der Waals surface area contributed by atoms with E-state index < -0.39 is 15.1 Å². The number of thiocarbonyl (C=S) groups is 1. The van der Waals surface area contributed by atoms with Crippen LogP contribution in [0.2, 0.25) is 0 Å². The van der Waals surface area contributed by atoms with Crippen molar-refractivity contribution in [3.63, 3.8) is 0 Å². The summed E-state index contributed by atoms with van der Waals surface area (Å²) < 4.78 is 30.9. The standard InChI is InChI=1S/C17H17NO3S2/c1-21-12-9-7-11(8-10-12)14-15(17(18)22)16(14)23(19,20)13-5-3-2-4-6-13/h2-10,14-16H,1H3,(H2,18,22)/t14-,15+,16+/m1/s1. The number of sulfone groups is 1. The molecule has 4 nitrogen and oxygen atoms in total. The molecule has 0 saturated heterocycles. The lowest BCUT2D eigenvalue weighted by molar-refractivity contribution is 0.414. The fourth-order valence-electron chi connectivity index (χ4n) is 3.00. The van der Waals surface area contributed by atoms with Gasteiger partial charge in [-0.25, -0.2) is 8.42 Å². The zero-order valence-electron chi connectivity index (χ0n) is 12.5. The maximum absolute atomic E-state index is 12.9. The average molecular weight is 347 g/mol. The van der Waals surface area contributed by atoms with Crippen LogP contribution >= 0.6 is 12.2 Å². The van der Waals surface area contributed by atoms with Gasteiger partial charge in [-0.2, -0.15) is 0 Å². The zero-order valence-corrected chi connectivity index (χ0v) is 14.2. The summed E-state index contributed by atoms with van der Waals surface area (Å²) in [6.45, 7) is 0. The molecule has 1 fully saturated rings. The van der Waals surface area contributed by atoms with Gasteiger partial charge in [0.05, 0.1) is 22.2 Å². The van der Waals surface area contributed by atoms with Crippen molar-refractivity contribution in [3.05, 3.63) is 60.2 Å². The van der Waals surface area contributed by atoms with Crippen molar-refractivity contribution in [1.29, 1.82) is 0 Å². The highest BCUT2D eigenvalue weighted by Crippen LogP contribution is 2.54. The fraction of sp³-hybridized carbons (Fsp3) is 0.235. The summed E-state index contributed by atoms with van der Waals surface area (Å²) in [7, 11) is -1.88. The van der Waals surface area contributed by atoms with E-state index in [1.807, 2.05) is 24.3 Å². The predicted molar refractivity (Wildman–Crippen MR) is 93.4 cm³/mol. The lowest BCUT2D eigenvalue weighted by Crippen LogP contribution is -2.17. The van der Waals surface area contributed by atoms with E-state index in [2.05, 4.69) is 0 Å². The monoisotopic (exact) mass is 347 g/mol. The molecule has 120 valence electrons. The molecule has 0 amide bonds. The molecule has 0 unspecified atom stereocenters. The maximum Gasteiger partial charge on any atom is 0.182 e. The normalized spacial score (nSPS) is 23.3. The van der Waals surface area contributed by atoms with Gasteiger partial charge in [0, 0.05) is 11.8 Å². The number of rotatable bonds is 5. The molecule has 6 heteroatoms. The molecule has 0 aliphatic heterocycles. The van der Waals surface area contributed by atoms with Gasteiger partial charge in [-0.05, 0) is 29.8 Å². The average Bonchev–Trinajstić information content (AvgIpc) is 3.32. The van der Waals surface area contributed by atoms with Crippen LogP contribution in [0.4, 0.5) is 0 Å². The van der Waals surface area contributed by atoms with Crippen LogP contribution in [0.3, 0.4) is 0 Å². The van der Waals surface area contributed by atoms with Gasteiger partial charge in [-0.3, -0.25) is 0 Å². The molecule has 1 aliphatic carbocycles. The largest absolute Gasteiger partial charge is 0.497 e. The van der Waals surface area contributed by atoms with E-state index in [1.54, 1.807) is 37.4 Å². The van der Waals surface area contributed by atoms with Crippen molar-refractivity contribution in [1.82, 2.24) is 0 Å². The third-order valence-corrected chi connectivity index (χ3v) is 6.72. The first-order valence-electron chi connectivity index (χ1n) is 7.19. The van der Waals surface area contributed by atoms with E-state index in [1.165, 1.54) is 0 Å². The molecule has 23 heavy (non-hydrogen) atoms. The Labute approximate surface area is 141 Å². The molecule has 2 aromatic rings. The molecule has 0 radical (unpaired) electrons. The Morgan fingerprint density at radius 3 is 2.22 bits per heavy atom. The number of ether oxygens (including phenoxy) is 1. The minimum atomic E-state index is -3.47. The Kier molecular flexibility index (Phi) is 4.12. The summed E-state index contributed by atoms with van der Waals surface area (Å²) in [6, 6.07) is 15.8. The first kappa shape index (κ1) is 16.0. The molecule has 0 spiro atoms. The third kappa shape index (κ3) is 2.84. The van der Waals surface area contributed by atoms with Gasteiger partial charge in [-0.15, -0.1) is 0 Å². The van der Waals surface area contributed by atoms with Crippen LogP contribution in [0.1, 0.15) is 11.5 Å². The predicted octanol–water partition coefficient (Wildman–Crippen LogP) is 2.54. The molecule has 0 bridgehead atoms. The van der Waals surface area contributed by atoms with Crippen molar-refractivity contribution in [3.8, 4) is 5.75 Å². The topological polar surface area (TPSA) is 69.4 Å². The lowest BCUT2D eigenvalue weighted by atomic mass is 10.1. The quantitative estimate of drug-likeness (QED) is 0.842. The van der Waals surface area contributed by atoms with Crippen molar-refractivity contribution < 1.29 is 13.2 Å². The molecule has 1 saturated carbocycles. The third-order valence-electron chi connectivity index (χ3n) is 4.21. The second-order valence-corrected chi connectivity index (χ2v) is 8.13. The fourth-order valence-corrected chi connectivity index (χ4v) is 5.55. The molecule has 0 aromatic heterocycles. The number of nitrogens with two attached hydrogens (primary N) is 1. The van der Waals surface area contributed by atoms with Crippen LogP contribution in [0.25, 0.3) is 0 Å². The lowest BCUT2D eigenvalue weighted by Gasteiger charge is -2.05. The van der Waals surface area contributed by atoms with Gasteiger partial charge < -0.3 is 10.5 Å². The van der Waals surface area contributed by atoms with E-state index in [0.29, 0.717) is 4.90 Å². The van der Waals surface area contributed by atoms with E-state index >= 15 is 0 Å². The minimum Gasteiger partial charge on any atom is -0.497 e. The van der Waals surface area contributed by atoms with E-state index in [9.17, 15) is 8.42 Å². The summed E-state index contributed by atoms with van der Waals surface area (Å²) in [4.78, 5) is 0.553. The SMILES string of the molecule is COc1ccc([C@@H]2[C@H](C(N)=S)[C@H]2S(=O)(=O)c2ccccc2)cc1. The van der Waals surface area contributed by atoms with Crippen LogP contribution in [0, 0.1) is 5.92 Å². The number of hydrogen-bond donors (Lipinski definition) is 1. The van der Waals surface area contributed by atoms with Crippen LogP contribution < -0.4 is 10.5 Å². The zero-order chi connectivity index (χ0) is 16.6. The summed E-state index contributed by atoms with van der Waals surface area (Å²) in [6.07, 6.45) is 0. The molecular weight excluding hydrogens is 330 g/mol. The maximum atomic E-state index is 12.9. The smallest absolute Gasteiger partial charge is 0.182 e. The number of hydrogen-bond acceptors (Lipinski definition) is 4. The van der Waals surface area contributed by atoms with Gasteiger partial charge in [0.2, 0.25) is 0 Å². The van der Waals surface area contributed by atoms with E-state index in [0.717, 1.165) is 11.3 Å². The van der Waals surface area contributed by atoms with Crippen molar-refractivity contribution in [2.24, 2.45) is 11.7 Å². The van der Waals surface area contributed by atoms with E-state index in [-0.39, 0.29) is 16.8 Å². The molecule has 0 heterocycles. The Balaban J connectivity index is 1.96. The van der Waals surface area contributed by atoms with Gasteiger partial charge in [0.15, 0.2) is 9.84 Å². The number of methoxy groups -OCH3 is 1. The van der Waals surface area contributed by atoms with E-state index in [4.69, 9.17) is 22.7 Å². The molecule has 2 N–H and O–H groups in total. The summed E-state index contributed by atoms with van der Waals surface area (Å²) >= 11 is 5.09. The van der Waals surface area contributed by atoms with Crippen LogP contribution in [-0.4, -0.2) is 25.8 Å². The van der Waals surface area contributed by atoms with Gasteiger partial charge >= 0.3 is 0 Å². The molecule has 1 aliphatic rings. The van der Waals surface area contributed by atoms with Crippen LogP contribution in [-0.2, 0) is 9.84 Å². The van der Waals surface area contributed by atoms with Crippen molar-refractivity contribution in [2.75, 3.05) is 7.11 Å².